The summed E-state index contributed by atoms with van der Waals surface area (Å²) in [7, 11) is -4.27. The summed E-state index contributed by atoms with van der Waals surface area (Å²) in [6, 6.07) is -0.952. The predicted molar refractivity (Wildman–Crippen MR) is 90.2 cm³/mol. The van der Waals surface area contributed by atoms with Crippen molar-refractivity contribution in [3.05, 3.63) is 0 Å². The zero-order valence-electron chi connectivity index (χ0n) is 14.8. The molecular formula is C15H28N2O8S. The molecule has 4 N–H and O–H groups in total. The number of rotatable bonds is 10. The molecule has 0 saturated carbocycles. The average Bonchev–Trinajstić information content (AvgIpc) is 2.97. The van der Waals surface area contributed by atoms with Gasteiger partial charge in [-0.15, -0.1) is 0 Å². The van der Waals surface area contributed by atoms with Gasteiger partial charge in [0.15, 0.2) is 0 Å². The predicted octanol–water partition coefficient (Wildman–Crippen LogP) is -0.559. The van der Waals surface area contributed by atoms with Crippen LogP contribution in [0.5, 0.6) is 0 Å². The van der Waals surface area contributed by atoms with Crippen molar-refractivity contribution in [2.24, 2.45) is 0 Å². The van der Waals surface area contributed by atoms with Crippen molar-refractivity contribution in [3.63, 3.8) is 0 Å². The number of carbonyl (C=O) groups is 1. The smallest absolute Gasteiger partial charge is 0.411 e. The summed E-state index contributed by atoms with van der Waals surface area (Å²) in [4.78, 5) is 12.7. The van der Waals surface area contributed by atoms with Crippen LogP contribution in [0, 0.1) is 0 Å². The molecule has 0 aromatic heterocycles. The zero-order chi connectivity index (χ0) is 19.3. The molecule has 0 radical (unpaired) electrons. The van der Waals surface area contributed by atoms with Gasteiger partial charge >= 0.3 is 16.4 Å². The Hall–Kier alpha value is -0.980. The Balaban J connectivity index is 1.89. The molecule has 2 saturated heterocycles. The lowest BCUT2D eigenvalue weighted by molar-refractivity contribution is -0.144. The summed E-state index contributed by atoms with van der Waals surface area (Å²) in [6.45, 7) is 1.88. The molecule has 0 aromatic rings. The van der Waals surface area contributed by atoms with E-state index in [0.717, 1.165) is 37.0 Å². The van der Waals surface area contributed by atoms with E-state index in [-0.39, 0.29) is 13.2 Å². The van der Waals surface area contributed by atoms with Crippen molar-refractivity contribution < 1.29 is 37.5 Å². The lowest BCUT2D eigenvalue weighted by Crippen LogP contribution is -2.70. The number of hydrogen-bond acceptors (Lipinski definition) is 8. The van der Waals surface area contributed by atoms with E-state index in [2.05, 4.69) is 11.6 Å². The van der Waals surface area contributed by atoms with Gasteiger partial charge in [0.05, 0.1) is 12.6 Å². The van der Waals surface area contributed by atoms with E-state index in [0.29, 0.717) is 6.42 Å². The lowest BCUT2D eigenvalue weighted by atomic mass is 9.93. The molecule has 5 atom stereocenters. The lowest BCUT2D eigenvalue weighted by Gasteiger charge is -2.43. The fourth-order valence-electron chi connectivity index (χ4n) is 3.17. The highest BCUT2D eigenvalue weighted by Gasteiger charge is 2.54. The maximum absolute atomic E-state index is 12.1. The number of ether oxygens (including phenoxy) is 1. The average molecular weight is 396 g/mol. The van der Waals surface area contributed by atoms with Gasteiger partial charge in [-0.2, -0.15) is 13.1 Å². The van der Waals surface area contributed by atoms with Crippen LogP contribution in [0.1, 0.15) is 45.4 Å². The third-order valence-corrected chi connectivity index (χ3v) is 5.67. The van der Waals surface area contributed by atoms with Crippen molar-refractivity contribution in [1.29, 1.82) is 0 Å². The van der Waals surface area contributed by atoms with E-state index in [4.69, 9.17) is 8.92 Å². The standard InChI is InChI=1S/C15H28N2O8S/c1-2-3-4-5-6-7-8-25-26(22,23)16-14-13(20)12(19)11(18)10-9-24-15(21)17(10)14/h10-14,16,18-20H,2-9H2,1H3/t10?,11-,12?,13?,14+/m1/s1. The summed E-state index contributed by atoms with van der Waals surface area (Å²) in [5.41, 5.74) is 0. The van der Waals surface area contributed by atoms with Gasteiger partial charge in [0.25, 0.3) is 0 Å². The second kappa shape index (κ2) is 9.29. The van der Waals surface area contributed by atoms with E-state index in [1.54, 1.807) is 0 Å². The molecule has 0 aliphatic carbocycles. The molecule has 2 fully saturated rings. The van der Waals surface area contributed by atoms with E-state index >= 15 is 0 Å². The number of hydrogen-bond donors (Lipinski definition) is 4. The number of nitrogens with zero attached hydrogens (tertiary/aromatic N) is 1. The second-order valence-electron chi connectivity index (χ2n) is 6.63. The molecule has 2 rings (SSSR count). The largest absolute Gasteiger partial charge is 0.447 e. The first-order valence-electron chi connectivity index (χ1n) is 8.94. The molecular weight excluding hydrogens is 368 g/mol. The van der Waals surface area contributed by atoms with Gasteiger partial charge < -0.3 is 20.1 Å². The molecule has 152 valence electrons. The normalized spacial score (nSPS) is 31.8. The van der Waals surface area contributed by atoms with Gasteiger partial charge in [-0.3, -0.25) is 9.08 Å². The van der Waals surface area contributed by atoms with Crippen LogP contribution < -0.4 is 4.72 Å². The Bertz CT molecular complexity index is 572. The van der Waals surface area contributed by atoms with Crippen molar-refractivity contribution in [2.75, 3.05) is 13.2 Å². The van der Waals surface area contributed by atoms with Crippen molar-refractivity contribution >= 4 is 16.4 Å². The van der Waals surface area contributed by atoms with E-state index < -0.39 is 46.9 Å². The van der Waals surface area contributed by atoms with Crippen molar-refractivity contribution in [2.45, 2.75) is 76.0 Å². The number of aliphatic hydroxyl groups is 3. The van der Waals surface area contributed by atoms with Crippen LogP contribution in [0.3, 0.4) is 0 Å². The molecule has 1 amide bonds. The molecule has 0 bridgehead atoms. The molecule has 2 heterocycles. The van der Waals surface area contributed by atoms with Gasteiger partial charge in [-0.25, -0.2) is 4.79 Å². The van der Waals surface area contributed by atoms with Crippen LogP contribution in [-0.4, -0.2) is 78.5 Å². The Kier molecular flexibility index (Phi) is 7.62. The minimum atomic E-state index is -4.27. The fourth-order valence-corrected chi connectivity index (χ4v) is 4.12. The minimum Gasteiger partial charge on any atom is -0.447 e. The van der Waals surface area contributed by atoms with E-state index in [1.165, 1.54) is 0 Å². The number of amides is 1. The summed E-state index contributed by atoms with van der Waals surface area (Å²) in [5, 5.41) is 29.9. The summed E-state index contributed by atoms with van der Waals surface area (Å²) >= 11 is 0. The first-order valence-corrected chi connectivity index (χ1v) is 10.3. The van der Waals surface area contributed by atoms with Gasteiger partial charge in [-0.1, -0.05) is 39.0 Å². The Morgan fingerprint density at radius 3 is 2.46 bits per heavy atom. The quantitative estimate of drug-likeness (QED) is 0.360. The first-order chi connectivity index (χ1) is 12.3. The molecule has 11 heteroatoms. The molecule has 2 aliphatic heterocycles. The van der Waals surface area contributed by atoms with Gasteiger partial charge in [0, 0.05) is 0 Å². The van der Waals surface area contributed by atoms with Gasteiger partial charge in [-0.05, 0) is 6.42 Å². The number of fused-ring (bicyclic) bond motifs is 1. The van der Waals surface area contributed by atoms with Crippen LogP contribution >= 0.6 is 0 Å². The summed E-state index contributed by atoms with van der Waals surface area (Å²) < 4.78 is 35.9. The van der Waals surface area contributed by atoms with Crippen molar-refractivity contribution in [1.82, 2.24) is 9.62 Å². The topological polar surface area (TPSA) is 146 Å². The number of cyclic esters (lactones) is 1. The van der Waals surface area contributed by atoms with Crippen LogP contribution in [-0.2, 0) is 19.2 Å². The third kappa shape index (κ3) is 5.05. The Morgan fingerprint density at radius 2 is 1.77 bits per heavy atom. The first kappa shape index (κ1) is 21.3. The maximum Gasteiger partial charge on any atom is 0.411 e. The van der Waals surface area contributed by atoms with Gasteiger partial charge in [0.2, 0.25) is 0 Å². The van der Waals surface area contributed by atoms with E-state index in [9.17, 15) is 28.5 Å². The van der Waals surface area contributed by atoms with Crippen molar-refractivity contribution in [3.8, 4) is 0 Å². The SMILES string of the molecule is CCCCCCCCOS(=O)(=O)N[C@@H]1C(O)C(O)[C@H](O)C2COC(=O)N21. The minimum absolute atomic E-state index is 0.0245. The molecule has 2 aliphatic rings. The van der Waals surface area contributed by atoms with Gasteiger partial charge in [0.1, 0.15) is 31.1 Å². The monoisotopic (exact) mass is 396 g/mol. The van der Waals surface area contributed by atoms with Crippen LogP contribution in [0.15, 0.2) is 0 Å². The highest BCUT2D eigenvalue weighted by Crippen LogP contribution is 2.29. The Morgan fingerprint density at radius 1 is 1.12 bits per heavy atom. The van der Waals surface area contributed by atoms with Crippen LogP contribution in [0.4, 0.5) is 4.79 Å². The molecule has 0 aromatic carbocycles. The zero-order valence-corrected chi connectivity index (χ0v) is 15.6. The molecule has 3 unspecified atom stereocenters. The fraction of sp³-hybridized carbons (Fsp3) is 0.933. The highest BCUT2D eigenvalue weighted by molar-refractivity contribution is 7.84. The third-order valence-electron chi connectivity index (χ3n) is 4.66. The number of aliphatic hydroxyl groups excluding tert-OH is 3. The molecule has 10 nitrogen and oxygen atoms in total. The molecule has 26 heavy (non-hydrogen) atoms. The van der Waals surface area contributed by atoms with Crippen LogP contribution in [0.25, 0.3) is 0 Å². The number of nitrogens with one attached hydrogen (secondary N) is 1. The second-order valence-corrected chi connectivity index (χ2v) is 8.01. The maximum atomic E-state index is 12.1. The number of carbonyl (C=O) groups excluding carboxylic acids is 1. The summed E-state index contributed by atoms with van der Waals surface area (Å²) in [6.07, 6.45) is -1.41. The summed E-state index contributed by atoms with van der Waals surface area (Å²) in [5.74, 6) is 0. The number of piperidine rings is 1. The number of unbranched alkanes of at least 4 members (excludes halogenated alkanes) is 5. The van der Waals surface area contributed by atoms with E-state index in [1.807, 2.05) is 0 Å². The van der Waals surface area contributed by atoms with Crippen LogP contribution in [0.2, 0.25) is 0 Å². The molecule has 0 spiro atoms. The Labute approximate surface area is 153 Å². The highest BCUT2D eigenvalue weighted by atomic mass is 32.2.